The van der Waals surface area contributed by atoms with E-state index in [1.165, 1.54) is 0 Å². The molecule has 0 rings (SSSR count). The molecule has 0 saturated carbocycles. The molecule has 0 aliphatic rings. The van der Waals surface area contributed by atoms with E-state index in [2.05, 4.69) is 46.0 Å². The van der Waals surface area contributed by atoms with E-state index < -0.39 is 8.32 Å². The molecule has 0 amide bonds. The maximum Gasteiger partial charge on any atom is 0.191 e. The molecule has 0 saturated heterocycles. The Morgan fingerprint density at radius 2 is 1.53 bits per heavy atom. The van der Waals surface area contributed by atoms with Crippen molar-refractivity contribution in [2.45, 2.75) is 58.7 Å². The van der Waals surface area contributed by atoms with E-state index in [4.69, 9.17) is 9.16 Å². The average molecular weight is 258 g/mol. The van der Waals surface area contributed by atoms with Crippen molar-refractivity contribution in [3.63, 3.8) is 0 Å². The Labute approximate surface area is 109 Å². The van der Waals surface area contributed by atoms with E-state index in [9.17, 15) is 0 Å². The lowest BCUT2D eigenvalue weighted by Gasteiger charge is -2.36. The van der Waals surface area contributed by atoms with Crippen LogP contribution in [0.3, 0.4) is 0 Å². The van der Waals surface area contributed by atoms with Gasteiger partial charge in [-0.3, -0.25) is 0 Å². The first kappa shape index (κ1) is 16.9. The quantitative estimate of drug-likeness (QED) is 0.365. The molecule has 0 N–H and O–H groups in total. The molecule has 17 heavy (non-hydrogen) atoms. The largest absolute Gasteiger partial charge is 0.417 e. The lowest BCUT2D eigenvalue weighted by molar-refractivity contribution is 0.152. The van der Waals surface area contributed by atoms with Crippen LogP contribution in [0.5, 0.6) is 0 Å². The Hall–Kier alpha value is -0.123. The normalized spacial score (nSPS) is 13.5. The maximum atomic E-state index is 6.08. The maximum absolute atomic E-state index is 6.08. The van der Waals surface area contributed by atoms with E-state index in [0.717, 1.165) is 32.7 Å². The van der Waals surface area contributed by atoms with Crippen molar-refractivity contribution >= 4 is 8.32 Å². The van der Waals surface area contributed by atoms with Crippen LogP contribution in [0.15, 0.2) is 12.2 Å². The zero-order valence-electron chi connectivity index (χ0n) is 12.5. The van der Waals surface area contributed by atoms with Gasteiger partial charge in [0.15, 0.2) is 8.32 Å². The molecule has 0 atom stereocenters. The summed E-state index contributed by atoms with van der Waals surface area (Å²) in [6.07, 6.45) is 6.41. The fourth-order valence-corrected chi connectivity index (χ4v) is 2.19. The number of ether oxygens (including phenoxy) is 1. The minimum Gasteiger partial charge on any atom is -0.417 e. The number of hydrogen-bond acceptors (Lipinski definition) is 2. The zero-order chi connectivity index (χ0) is 13.4. The van der Waals surface area contributed by atoms with Gasteiger partial charge in [0.2, 0.25) is 0 Å². The molecule has 3 heteroatoms. The molecule has 0 aromatic carbocycles. The van der Waals surface area contributed by atoms with Gasteiger partial charge < -0.3 is 9.16 Å². The third-order valence-corrected chi connectivity index (χ3v) is 7.89. The highest BCUT2D eigenvalue weighted by atomic mass is 28.4. The lowest BCUT2D eigenvalue weighted by atomic mass is 10.2. The second-order valence-electron chi connectivity index (χ2n) is 5.85. The van der Waals surface area contributed by atoms with Crippen LogP contribution < -0.4 is 0 Å². The molecular weight excluding hydrogens is 228 g/mol. The first-order chi connectivity index (χ1) is 7.81. The summed E-state index contributed by atoms with van der Waals surface area (Å²) in [5, 5.41) is 0.311. The molecule has 0 aliphatic heterocycles. The topological polar surface area (TPSA) is 18.5 Å². The standard InChI is InChI=1S/C14H30O2Si/c1-7-15-12-10-8-9-11-13-16-17(5,6)14(2,3)4/h8-9H,7,10-13H2,1-6H3/b9-8+. The minimum atomic E-state index is -1.54. The van der Waals surface area contributed by atoms with Crippen molar-refractivity contribution < 1.29 is 9.16 Å². The molecule has 0 heterocycles. The summed E-state index contributed by atoms with van der Waals surface area (Å²) < 4.78 is 11.3. The lowest BCUT2D eigenvalue weighted by Crippen LogP contribution is -2.40. The van der Waals surface area contributed by atoms with Crippen LogP contribution >= 0.6 is 0 Å². The SMILES string of the molecule is CCOCC/C=C/CCO[Si](C)(C)C(C)(C)C. The van der Waals surface area contributed by atoms with Crippen LogP contribution in [0.25, 0.3) is 0 Å². The summed E-state index contributed by atoms with van der Waals surface area (Å²) in [5.41, 5.74) is 0. The molecule has 0 fully saturated rings. The van der Waals surface area contributed by atoms with Crippen LogP contribution in [0.1, 0.15) is 40.5 Å². The molecule has 2 nitrogen and oxygen atoms in total. The van der Waals surface area contributed by atoms with Crippen LogP contribution in [0.4, 0.5) is 0 Å². The van der Waals surface area contributed by atoms with E-state index in [0.29, 0.717) is 5.04 Å². The summed E-state index contributed by atoms with van der Waals surface area (Å²) in [7, 11) is -1.54. The van der Waals surface area contributed by atoms with E-state index in [1.54, 1.807) is 0 Å². The van der Waals surface area contributed by atoms with Gasteiger partial charge in [0, 0.05) is 19.8 Å². The van der Waals surface area contributed by atoms with Crippen LogP contribution in [-0.2, 0) is 9.16 Å². The van der Waals surface area contributed by atoms with Gasteiger partial charge in [-0.1, -0.05) is 32.9 Å². The molecule has 0 aromatic rings. The summed E-state index contributed by atoms with van der Waals surface area (Å²) in [4.78, 5) is 0. The highest BCUT2D eigenvalue weighted by molar-refractivity contribution is 6.74. The van der Waals surface area contributed by atoms with Crippen molar-refractivity contribution in [2.24, 2.45) is 0 Å². The number of rotatable bonds is 8. The monoisotopic (exact) mass is 258 g/mol. The smallest absolute Gasteiger partial charge is 0.191 e. The Morgan fingerprint density at radius 3 is 2.00 bits per heavy atom. The predicted octanol–water partition coefficient (Wildman–Crippen LogP) is 4.38. The van der Waals surface area contributed by atoms with Gasteiger partial charge >= 0.3 is 0 Å². The summed E-state index contributed by atoms with van der Waals surface area (Å²) in [5.74, 6) is 0. The van der Waals surface area contributed by atoms with Gasteiger partial charge in [0.1, 0.15) is 0 Å². The molecule has 0 aliphatic carbocycles. The molecule has 102 valence electrons. The Balaban J connectivity index is 3.64. The summed E-state index contributed by atoms with van der Waals surface area (Å²) in [6.45, 7) is 15.9. The summed E-state index contributed by atoms with van der Waals surface area (Å²) in [6, 6.07) is 0. The second-order valence-corrected chi connectivity index (χ2v) is 10.7. The molecule has 0 bridgehead atoms. The van der Waals surface area contributed by atoms with Crippen LogP contribution in [0, 0.1) is 0 Å². The Morgan fingerprint density at radius 1 is 1.00 bits per heavy atom. The van der Waals surface area contributed by atoms with Crippen LogP contribution in [-0.4, -0.2) is 28.1 Å². The molecule has 0 unspecified atom stereocenters. The first-order valence-electron chi connectivity index (χ1n) is 6.68. The van der Waals surface area contributed by atoms with Gasteiger partial charge in [0.25, 0.3) is 0 Å². The first-order valence-corrected chi connectivity index (χ1v) is 9.59. The third-order valence-electron chi connectivity index (χ3n) is 3.35. The van der Waals surface area contributed by atoms with Gasteiger partial charge in [0.05, 0.1) is 0 Å². The van der Waals surface area contributed by atoms with Crippen molar-refractivity contribution in [1.82, 2.24) is 0 Å². The summed E-state index contributed by atoms with van der Waals surface area (Å²) >= 11 is 0. The Bertz CT molecular complexity index is 217. The average Bonchev–Trinajstić information content (AvgIpc) is 2.20. The number of hydrogen-bond donors (Lipinski definition) is 0. The predicted molar refractivity (Wildman–Crippen MR) is 78.0 cm³/mol. The van der Waals surface area contributed by atoms with Gasteiger partial charge in [-0.15, -0.1) is 0 Å². The zero-order valence-corrected chi connectivity index (χ0v) is 13.5. The second kappa shape index (κ2) is 8.06. The molecule has 0 aromatic heterocycles. The van der Waals surface area contributed by atoms with Crippen LogP contribution in [0.2, 0.25) is 18.1 Å². The van der Waals surface area contributed by atoms with Crippen molar-refractivity contribution in [3.05, 3.63) is 12.2 Å². The fourth-order valence-electron chi connectivity index (χ4n) is 1.13. The highest BCUT2D eigenvalue weighted by Crippen LogP contribution is 2.36. The highest BCUT2D eigenvalue weighted by Gasteiger charge is 2.36. The van der Waals surface area contributed by atoms with Gasteiger partial charge in [-0.25, -0.2) is 0 Å². The molecule has 0 spiro atoms. The Kier molecular flexibility index (Phi) is 8.00. The van der Waals surface area contributed by atoms with E-state index >= 15 is 0 Å². The van der Waals surface area contributed by atoms with E-state index in [1.807, 2.05) is 6.92 Å². The van der Waals surface area contributed by atoms with Crippen molar-refractivity contribution in [1.29, 1.82) is 0 Å². The van der Waals surface area contributed by atoms with Crippen molar-refractivity contribution in [3.8, 4) is 0 Å². The van der Waals surface area contributed by atoms with Gasteiger partial charge in [-0.2, -0.15) is 0 Å². The molecule has 0 radical (unpaired) electrons. The molecular formula is C14H30O2Si. The minimum absolute atomic E-state index is 0.311. The van der Waals surface area contributed by atoms with Gasteiger partial charge in [-0.05, 0) is 37.9 Å². The third kappa shape index (κ3) is 7.74. The van der Waals surface area contributed by atoms with E-state index in [-0.39, 0.29) is 0 Å². The van der Waals surface area contributed by atoms with Crippen molar-refractivity contribution in [2.75, 3.05) is 19.8 Å². The fraction of sp³-hybridized carbons (Fsp3) is 0.857.